The Balaban J connectivity index is 2.00. The van der Waals surface area contributed by atoms with Crippen molar-refractivity contribution in [1.82, 2.24) is 4.90 Å². The molecule has 0 spiro atoms. The lowest BCUT2D eigenvalue weighted by atomic mass is 9.84. The van der Waals surface area contributed by atoms with E-state index in [0.29, 0.717) is 11.9 Å². The molecule has 2 fully saturated rings. The fourth-order valence-electron chi connectivity index (χ4n) is 3.09. The first-order chi connectivity index (χ1) is 8.17. The molecular formula is C14H24BrNO. The first kappa shape index (κ1) is 13.4. The molecule has 0 atom stereocenters. The second-order valence-electron chi connectivity index (χ2n) is 5.89. The number of amides is 1. The minimum atomic E-state index is -0.0398. The topological polar surface area (TPSA) is 20.3 Å². The van der Waals surface area contributed by atoms with Crippen molar-refractivity contribution in [2.75, 3.05) is 11.9 Å². The second kappa shape index (κ2) is 5.73. The Morgan fingerprint density at radius 1 is 1.29 bits per heavy atom. The molecule has 0 aromatic carbocycles. The zero-order valence-electron chi connectivity index (χ0n) is 10.9. The lowest BCUT2D eigenvalue weighted by molar-refractivity contribution is -0.145. The molecule has 2 saturated carbocycles. The Bertz CT molecular complexity index is 269. The van der Waals surface area contributed by atoms with E-state index >= 15 is 0 Å². The fourth-order valence-corrected chi connectivity index (χ4v) is 3.35. The van der Waals surface area contributed by atoms with Gasteiger partial charge in [-0.1, -0.05) is 35.7 Å². The molecule has 2 nitrogen and oxygen atoms in total. The molecule has 3 heteroatoms. The number of nitrogens with zero attached hydrogens (tertiary/aromatic N) is 1. The van der Waals surface area contributed by atoms with Gasteiger partial charge in [0.25, 0.3) is 0 Å². The summed E-state index contributed by atoms with van der Waals surface area (Å²) in [5.74, 6) is 0.445. The molecule has 0 radical (unpaired) electrons. The number of hydrogen-bond acceptors (Lipinski definition) is 1. The van der Waals surface area contributed by atoms with E-state index in [9.17, 15) is 4.79 Å². The van der Waals surface area contributed by atoms with Crippen LogP contribution < -0.4 is 0 Å². The zero-order valence-corrected chi connectivity index (χ0v) is 12.5. The maximum atomic E-state index is 12.7. The number of carbonyl (C=O) groups excluding carboxylic acids is 1. The van der Waals surface area contributed by atoms with E-state index in [1.165, 1.54) is 32.1 Å². The summed E-state index contributed by atoms with van der Waals surface area (Å²) in [7, 11) is 0. The number of hydrogen-bond donors (Lipinski definition) is 0. The van der Waals surface area contributed by atoms with E-state index in [1.54, 1.807) is 0 Å². The Morgan fingerprint density at radius 2 is 1.94 bits per heavy atom. The third-order valence-electron chi connectivity index (χ3n) is 4.53. The van der Waals surface area contributed by atoms with Crippen LogP contribution in [0, 0.1) is 5.41 Å². The van der Waals surface area contributed by atoms with Crippen molar-refractivity contribution in [2.24, 2.45) is 5.41 Å². The summed E-state index contributed by atoms with van der Waals surface area (Å²) < 4.78 is 0. The van der Waals surface area contributed by atoms with Crippen LogP contribution >= 0.6 is 15.9 Å². The van der Waals surface area contributed by atoms with E-state index in [-0.39, 0.29) is 5.41 Å². The molecule has 17 heavy (non-hydrogen) atoms. The van der Waals surface area contributed by atoms with Crippen LogP contribution in [-0.4, -0.2) is 28.7 Å². The van der Waals surface area contributed by atoms with Crippen molar-refractivity contribution in [3.05, 3.63) is 0 Å². The van der Waals surface area contributed by atoms with Gasteiger partial charge >= 0.3 is 0 Å². The SMILES string of the molecule is CC1(C(=O)N(CCCBr)C2CCC2)CCCC1. The highest BCUT2D eigenvalue weighted by molar-refractivity contribution is 9.09. The smallest absolute Gasteiger partial charge is 0.228 e. The van der Waals surface area contributed by atoms with Gasteiger partial charge in [-0.2, -0.15) is 0 Å². The summed E-state index contributed by atoms with van der Waals surface area (Å²) in [5.41, 5.74) is -0.0398. The molecule has 0 unspecified atom stereocenters. The molecule has 2 aliphatic carbocycles. The predicted molar refractivity (Wildman–Crippen MR) is 74.3 cm³/mol. The van der Waals surface area contributed by atoms with Crippen molar-refractivity contribution in [3.8, 4) is 0 Å². The van der Waals surface area contributed by atoms with Gasteiger partial charge in [0.05, 0.1) is 0 Å². The molecule has 98 valence electrons. The van der Waals surface area contributed by atoms with E-state index in [4.69, 9.17) is 0 Å². The van der Waals surface area contributed by atoms with Gasteiger partial charge in [0, 0.05) is 23.3 Å². The van der Waals surface area contributed by atoms with Gasteiger partial charge in [-0.15, -0.1) is 0 Å². The third-order valence-corrected chi connectivity index (χ3v) is 5.09. The van der Waals surface area contributed by atoms with Gasteiger partial charge in [-0.05, 0) is 38.5 Å². The van der Waals surface area contributed by atoms with Gasteiger partial charge in [0.2, 0.25) is 5.91 Å². The Morgan fingerprint density at radius 3 is 2.41 bits per heavy atom. The zero-order chi connectivity index (χ0) is 12.3. The van der Waals surface area contributed by atoms with E-state index in [0.717, 1.165) is 31.1 Å². The van der Waals surface area contributed by atoms with Gasteiger partial charge < -0.3 is 4.90 Å². The molecule has 2 aliphatic rings. The van der Waals surface area contributed by atoms with Crippen LogP contribution in [0.3, 0.4) is 0 Å². The van der Waals surface area contributed by atoms with Crippen LogP contribution in [-0.2, 0) is 4.79 Å². The first-order valence-corrected chi connectivity index (χ1v) is 8.16. The van der Waals surface area contributed by atoms with Gasteiger partial charge in [0.1, 0.15) is 0 Å². The standard InChI is InChI=1S/C14H24BrNO/c1-14(8-2-3-9-14)13(17)16(11-5-10-15)12-6-4-7-12/h12H,2-11H2,1H3. The highest BCUT2D eigenvalue weighted by atomic mass is 79.9. The highest BCUT2D eigenvalue weighted by Gasteiger charge is 2.41. The third kappa shape index (κ3) is 2.86. The highest BCUT2D eigenvalue weighted by Crippen LogP contribution is 2.41. The molecule has 0 aliphatic heterocycles. The largest absolute Gasteiger partial charge is 0.339 e. The van der Waals surface area contributed by atoms with Crippen LogP contribution in [0.4, 0.5) is 0 Å². The Hall–Kier alpha value is -0.0500. The molecule has 2 rings (SSSR count). The first-order valence-electron chi connectivity index (χ1n) is 7.04. The van der Waals surface area contributed by atoms with Crippen molar-refractivity contribution in [1.29, 1.82) is 0 Å². The summed E-state index contributed by atoms with van der Waals surface area (Å²) in [4.78, 5) is 14.9. The summed E-state index contributed by atoms with van der Waals surface area (Å²) in [6.07, 6.45) is 9.51. The number of halogens is 1. The fraction of sp³-hybridized carbons (Fsp3) is 0.929. The number of rotatable bonds is 5. The normalized spacial score (nSPS) is 23.4. The average Bonchev–Trinajstić information content (AvgIpc) is 2.69. The van der Waals surface area contributed by atoms with Crippen LogP contribution in [0.2, 0.25) is 0 Å². The summed E-state index contributed by atoms with van der Waals surface area (Å²) in [6.45, 7) is 3.13. The van der Waals surface area contributed by atoms with Gasteiger partial charge in [-0.25, -0.2) is 0 Å². The monoisotopic (exact) mass is 301 g/mol. The van der Waals surface area contributed by atoms with E-state index in [2.05, 4.69) is 27.8 Å². The van der Waals surface area contributed by atoms with E-state index < -0.39 is 0 Å². The molecular weight excluding hydrogens is 278 g/mol. The second-order valence-corrected chi connectivity index (χ2v) is 6.69. The van der Waals surface area contributed by atoms with Crippen LogP contribution in [0.25, 0.3) is 0 Å². The van der Waals surface area contributed by atoms with Crippen molar-refractivity contribution in [3.63, 3.8) is 0 Å². The molecule has 0 saturated heterocycles. The molecule has 0 aromatic heterocycles. The maximum absolute atomic E-state index is 12.7. The predicted octanol–water partition coefficient (Wildman–Crippen LogP) is 3.73. The quantitative estimate of drug-likeness (QED) is 0.709. The molecule has 0 heterocycles. The Kier molecular flexibility index (Phi) is 4.51. The minimum Gasteiger partial charge on any atom is -0.339 e. The number of carbonyl (C=O) groups is 1. The van der Waals surface area contributed by atoms with Crippen LogP contribution in [0.15, 0.2) is 0 Å². The van der Waals surface area contributed by atoms with Crippen LogP contribution in [0.5, 0.6) is 0 Å². The Labute approximate surface area is 113 Å². The van der Waals surface area contributed by atoms with Crippen molar-refractivity contribution < 1.29 is 4.79 Å². The lowest BCUT2D eigenvalue weighted by Gasteiger charge is -2.41. The summed E-state index contributed by atoms with van der Waals surface area (Å²) in [6, 6.07) is 0.555. The molecule has 0 aromatic rings. The molecule has 0 bridgehead atoms. The summed E-state index contributed by atoms with van der Waals surface area (Å²) >= 11 is 3.48. The molecule has 0 N–H and O–H groups in total. The van der Waals surface area contributed by atoms with Crippen LogP contribution in [0.1, 0.15) is 58.3 Å². The van der Waals surface area contributed by atoms with Gasteiger partial charge in [-0.3, -0.25) is 4.79 Å². The van der Waals surface area contributed by atoms with Gasteiger partial charge in [0.15, 0.2) is 0 Å². The maximum Gasteiger partial charge on any atom is 0.228 e. The van der Waals surface area contributed by atoms with Crippen molar-refractivity contribution in [2.45, 2.75) is 64.3 Å². The molecule has 1 amide bonds. The lowest BCUT2D eigenvalue weighted by Crippen LogP contribution is -2.50. The summed E-state index contributed by atoms with van der Waals surface area (Å²) in [5, 5.41) is 1.00. The average molecular weight is 302 g/mol. The number of alkyl halides is 1. The van der Waals surface area contributed by atoms with Crippen molar-refractivity contribution >= 4 is 21.8 Å². The van der Waals surface area contributed by atoms with E-state index in [1.807, 2.05) is 0 Å². The minimum absolute atomic E-state index is 0.0398.